The summed E-state index contributed by atoms with van der Waals surface area (Å²) in [6.45, 7) is 0. The summed E-state index contributed by atoms with van der Waals surface area (Å²) in [5, 5.41) is 14.4. The first-order chi connectivity index (χ1) is 6.84. The first kappa shape index (κ1) is 7.32. The van der Waals surface area contributed by atoms with Crippen molar-refractivity contribution in [3.8, 4) is 5.75 Å². The lowest BCUT2D eigenvalue weighted by molar-refractivity contribution is 0.481. The zero-order valence-electron chi connectivity index (χ0n) is 7.25. The zero-order valence-corrected chi connectivity index (χ0v) is 7.25. The zero-order chi connectivity index (χ0) is 9.54. The van der Waals surface area contributed by atoms with Crippen LogP contribution in [0.1, 0.15) is 0 Å². The van der Waals surface area contributed by atoms with E-state index in [-0.39, 0.29) is 5.75 Å². The number of fused-ring (bicyclic) bond motifs is 2. The van der Waals surface area contributed by atoms with Gasteiger partial charge in [0.25, 0.3) is 0 Å². The molecule has 0 fully saturated rings. The molecule has 0 unspecified atom stereocenters. The second kappa shape index (κ2) is 2.45. The smallest absolute Gasteiger partial charge is 0.155 e. The molecule has 0 radical (unpaired) electrons. The second-order valence-corrected chi connectivity index (χ2v) is 3.08. The number of hydrogen-bond donors (Lipinski definition) is 1. The highest BCUT2D eigenvalue weighted by Crippen LogP contribution is 2.22. The molecule has 2 aromatic heterocycles. The molecule has 0 bridgehead atoms. The Hall–Kier alpha value is -2.10. The average Bonchev–Trinajstić information content (AvgIpc) is 2.62. The Kier molecular flexibility index (Phi) is 1.28. The Labute approximate surface area is 79.4 Å². The number of phenols is 1. The van der Waals surface area contributed by atoms with Gasteiger partial charge in [-0.05, 0) is 12.1 Å². The number of aromatic nitrogens is 3. The molecular formula is C10H7N3O. The number of rotatable bonds is 0. The predicted molar refractivity (Wildman–Crippen MR) is 52.2 cm³/mol. The normalized spacial score (nSPS) is 11.1. The van der Waals surface area contributed by atoms with Crippen molar-refractivity contribution in [2.45, 2.75) is 0 Å². The summed E-state index contributed by atoms with van der Waals surface area (Å²) < 4.78 is 1.64. The quantitative estimate of drug-likeness (QED) is 0.578. The molecule has 0 spiro atoms. The van der Waals surface area contributed by atoms with Gasteiger partial charge in [-0.25, -0.2) is 9.50 Å². The minimum Gasteiger partial charge on any atom is -0.507 e. The molecule has 0 aliphatic heterocycles. The van der Waals surface area contributed by atoms with E-state index in [9.17, 15) is 5.11 Å². The van der Waals surface area contributed by atoms with Crippen LogP contribution in [0.5, 0.6) is 5.75 Å². The number of benzene rings is 1. The first-order valence-electron chi connectivity index (χ1n) is 4.27. The first-order valence-corrected chi connectivity index (χ1v) is 4.27. The van der Waals surface area contributed by atoms with E-state index in [0.717, 1.165) is 11.2 Å². The van der Waals surface area contributed by atoms with Crippen LogP contribution in [0.25, 0.3) is 16.6 Å². The minimum absolute atomic E-state index is 0.229. The molecule has 4 heteroatoms. The van der Waals surface area contributed by atoms with Gasteiger partial charge in [0.1, 0.15) is 5.75 Å². The van der Waals surface area contributed by atoms with Crippen molar-refractivity contribution in [3.63, 3.8) is 0 Å². The number of phenolic OH excluding ortho intramolecular Hbond substituents is 1. The lowest BCUT2D eigenvalue weighted by Gasteiger charge is -2.00. The maximum absolute atomic E-state index is 9.59. The van der Waals surface area contributed by atoms with Crippen LogP contribution in [0.4, 0.5) is 0 Å². The lowest BCUT2D eigenvalue weighted by atomic mass is 10.2. The summed E-state index contributed by atoms with van der Waals surface area (Å²) >= 11 is 0. The third-order valence-electron chi connectivity index (χ3n) is 2.20. The molecule has 0 saturated heterocycles. The standard InChI is InChI=1S/C10H7N3O/c14-9-3-1-2-8-7(9)6-13-10(12-8)4-5-11-13/h1-6,14H. The van der Waals surface area contributed by atoms with Gasteiger partial charge in [-0.15, -0.1) is 0 Å². The molecule has 1 aromatic carbocycles. The Morgan fingerprint density at radius 2 is 2.14 bits per heavy atom. The van der Waals surface area contributed by atoms with Crippen molar-refractivity contribution in [2.24, 2.45) is 0 Å². The molecule has 3 aromatic rings. The van der Waals surface area contributed by atoms with E-state index in [2.05, 4.69) is 10.1 Å². The summed E-state index contributed by atoms with van der Waals surface area (Å²) in [5.41, 5.74) is 1.56. The van der Waals surface area contributed by atoms with E-state index in [1.807, 2.05) is 12.1 Å². The maximum Gasteiger partial charge on any atom is 0.155 e. The van der Waals surface area contributed by atoms with Crippen LogP contribution in [-0.2, 0) is 0 Å². The Morgan fingerprint density at radius 3 is 3.07 bits per heavy atom. The van der Waals surface area contributed by atoms with Crippen LogP contribution < -0.4 is 0 Å². The fourth-order valence-corrected chi connectivity index (χ4v) is 1.51. The SMILES string of the molecule is Oc1cccc2nc3ccnn3cc12. The number of nitrogens with zero attached hydrogens (tertiary/aromatic N) is 3. The molecule has 14 heavy (non-hydrogen) atoms. The van der Waals surface area contributed by atoms with E-state index in [0.29, 0.717) is 5.39 Å². The van der Waals surface area contributed by atoms with E-state index in [4.69, 9.17) is 0 Å². The highest BCUT2D eigenvalue weighted by Gasteiger charge is 2.02. The van der Waals surface area contributed by atoms with Crippen LogP contribution in [-0.4, -0.2) is 19.7 Å². The molecule has 68 valence electrons. The van der Waals surface area contributed by atoms with Gasteiger partial charge in [-0.1, -0.05) is 6.07 Å². The van der Waals surface area contributed by atoms with E-state index >= 15 is 0 Å². The third kappa shape index (κ3) is 0.877. The van der Waals surface area contributed by atoms with Crippen molar-refractivity contribution < 1.29 is 5.11 Å². The molecule has 0 saturated carbocycles. The van der Waals surface area contributed by atoms with Gasteiger partial charge in [0.15, 0.2) is 5.65 Å². The van der Waals surface area contributed by atoms with Gasteiger partial charge in [0.05, 0.1) is 17.1 Å². The molecule has 2 heterocycles. The van der Waals surface area contributed by atoms with Crippen LogP contribution in [0.2, 0.25) is 0 Å². The fourth-order valence-electron chi connectivity index (χ4n) is 1.51. The molecule has 0 aliphatic rings. The molecule has 4 nitrogen and oxygen atoms in total. The topological polar surface area (TPSA) is 50.4 Å². The number of aromatic hydroxyl groups is 1. The summed E-state index contributed by atoms with van der Waals surface area (Å²) in [4.78, 5) is 4.34. The highest BCUT2D eigenvalue weighted by molar-refractivity contribution is 5.85. The van der Waals surface area contributed by atoms with Crippen molar-refractivity contribution in [1.82, 2.24) is 14.6 Å². The second-order valence-electron chi connectivity index (χ2n) is 3.08. The monoisotopic (exact) mass is 185 g/mol. The van der Waals surface area contributed by atoms with Gasteiger partial charge in [-0.2, -0.15) is 5.10 Å². The van der Waals surface area contributed by atoms with Gasteiger partial charge in [0, 0.05) is 12.3 Å². The van der Waals surface area contributed by atoms with Crippen LogP contribution in [0.15, 0.2) is 36.7 Å². The van der Waals surface area contributed by atoms with Crippen molar-refractivity contribution in [3.05, 3.63) is 36.7 Å². The molecular weight excluding hydrogens is 178 g/mol. The molecule has 0 amide bonds. The molecule has 0 atom stereocenters. The van der Waals surface area contributed by atoms with Crippen LogP contribution >= 0.6 is 0 Å². The van der Waals surface area contributed by atoms with Crippen molar-refractivity contribution >= 4 is 16.6 Å². The lowest BCUT2D eigenvalue weighted by Crippen LogP contribution is -1.90. The maximum atomic E-state index is 9.59. The van der Waals surface area contributed by atoms with Crippen LogP contribution in [0, 0.1) is 0 Å². The van der Waals surface area contributed by atoms with Crippen LogP contribution in [0.3, 0.4) is 0 Å². The predicted octanol–water partition coefficient (Wildman–Crippen LogP) is 1.59. The number of hydrogen-bond acceptors (Lipinski definition) is 3. The molecule has 0 aliphatic carbocycles. The molecule has 3 rings (SSSR count). The van der Waals surface area contributed by atoms with Crippen molar-refractivity contribution in [2.75, 3.05) is 0 Å². The van der Waals surface area contributed by atoms with Gasteiger partial charge in [0.2, 0.25) is 0 Å². The van der Waals surface area contributed by atoms with Gasteiger partial charge in [-0.3, -0.25) is 0 Å². The fraction of sp³-hybridized carbons (Fsp3) is 0. The Balaban J connectivity index is 2.57. The third-order valence-corrected chi connectivity index (χ3v) is 2.20. The highest BCUT2D eigenvalue weighted by atomic mass is 16.3. The van der Waals surface area contributed by atoms with E-state index < -0.39 is 0 Å². The largest absolute Gasteiger partial charge is 0.507 e. The average molecular weight is 185 g/mol. The summed E-state index contributed by atoms with van der Waals surface area (Å²) in [6, 6.07) is 7.10. The van der Waals surface area contributed by atoms with E-state index in [1.54, 1.807) is 29.0 Å². The Morgan fingerprint density at radius 1 is 1.21 bits per heavy atom. The summed E-state index contributed by atoms with van der Waals surface area (Å²) in [5.74, 6) is 0.229. The van der Waals surface area contributed by atoms with E-state index in [1.165, 1.54) is 0 Å². The minimum atomic E-state index is 0.229. The Bertz CT molecular complexity index is 615. The van der Waals surface area contributed by atoms with Gasteiger partial charge >= 0.3 is 0 Å². The van der Waals surface area contributed by atoms with Crippen molar-refractivity contribution in [1.29, 1.82) is 0 Å². The molecule has 1 N–H and O–H groups in total. The summed E-state index contributed by atoms with van der Waals surface area (Å²) in [6.07, 6.45) is 3.45. The van der Waals surface area contributed by atoms with Gasteiger partial charge < -0.3 is 5.11 Å². The summed E-state index contributed by atoms with van der Waals surface area (Å²) in [7, 11) is 0.